The second-order valence-corrected chi connectivity index (χ2v) is 7.15. The van der Waals surface area contributed by atoms with E-state index in [2.05, 4.69) is 23.3 Å². The number of aliphatic carboxylic acids is 1. The molecule has 3 atom stereocenters. The summed E-state index contributed by atoms with van der Waals surface area (Å²) in [6.45, 7) is 5.84. The van der Waals surface area contributed by atoms with Crippen molar-refractivity contribution in [1.82, 2.24) is 10.6 Å². The summed E-state index contributed by atoms with van der Waals surface area (Å²) in [7, 11) is 0. The van der Waals surface area contributed by atoms with Crippen molar-refractivity contribution in [2.75, 3.05) is 12.3 Å². The van der Waals surface area contributed by atoms with Gasteiger partial charge in [-0.25, -0.2) is 4.79 Å². The van der Waals surface area contributed by atoms with Gasteiger partial charge in [-0.1, -0.05) is 27.2 Å². The summed E-state index contributed by atoms with van der Waals surface area (Å²) in [6.07, 6.45) is 1.96. The maximum atomic E-state index is 12.4. The first-order chi connectivity index (χ1) is 11.0. The zero-order valence-corrected chi connectivity index (χ0v) is 15.4. The van der Waals surface area contributed by atoms with Crippen LogP contribution < -0.4 is 22.1 Å². The van der Waals surface area contributed by atoms with Crippen molar-refractivity contribution in [3.63, 3.8) is 0 Å². The first kappa shape index (κ1) is 22.7. The van der Waals surface area contributed by atoms with E-state index in [9.17, 15) is 14.4 Å². The highest BCUT2D eigenvalue weighted by Crippen LogP contribution is 2.20. The molecule has 0 aliphatic rings. The number of thiol groups is 1. The van der Waals surface area contributed by atoms with E-state index < -0.39 is 41.3 Å². The predicted octanol–water partition coefficient (Wildman–Crippen LogP) is -0.527. The number of carboxylic acid groups (broad SMARTS) is 1. The van der Waals surface area contributed by atoms with Crippen molar-refractivity contribution in [2.45, 2.75) is 58.2 Å². The van der Waals surface area contributed by atoms with Gasteiger partial charge >= 0.3 is 5.97 Å². The Bertz CT molecular complexity index is 440. The molecule has 0 bridgehead atoms. The summed E-state index contributed by atoms with van der Waals surface area (Å²) in [5.74, 6) is -2.26. The molecule has 0 saturated carbocycles. The molecule has 9 heteroatoms. The molecule has 0 aromatic heterocycles. The summed E-state index contributed by atoms with van der Waals surface area (Å²) in [6, 6.07) is -2.78. The molecule has 0 aliphatic heterocycles. The maximum absolute atomic E-state index is 12.4. The van der Waals surface area contributed by atoms with E-state index in [1.807, 2.05) is 0 Å². The van der Waals surface area contributed by atoms with Gasteiger partial charge in [0.05, 0.1) is 6.04 Å². The van der Waals surface area contributed by atoms with Crippen LogP contribution in [-0.4, -0.2) is 53.3 Å². The number of nitrogens with one attached hydrogen (secondary N) is 2. The van der Waals surface area contributed by atoms with Gasteiger partial charge in [-0.05, 0) is 24.8 Å². The SMILES string of the molecule is CC(C)(C)[C@H](NC(=O)[C@@H](N)CCCCN)C(=O)N[C@@H](CS)C(=O)O. The molecule has 8 nitrogen and oxygen atoms in total. The van der Waals surface area contributed by atoms with Crippen molar-refractivity contribution < 1.29 is 19.5 Å². The molecule has 0 fully saturated rings. The fourth-order valence-electron chi connectivity index (χ4n) is 2.00. The number of hydrogen-bond acceptors (Lipinski definition) is 6. The molecule has 0 radical (unpaired) electrons. The minimum atomic E-state index is -1.18. The van der Waals surface area contributed by atoms with Crippen LogP contribution in [0.25, 0.3) is 0 Å². The molecule has 0 spiro atoms. The van der Waals surface area contributed by atoms with Crippen LogP contribution in [0.3, 0.4) is 0 Å². The van der Waals surface area contributed by atoms with Crippen LogP contribution in [0.15, 0.2) is 0 Å². The van der Waals surface area contributed by atoms with Crippen LogP contribution in [0, 0.1) is 5.41 Å². The standard InChI is InChI=1S/C15H30N4O4S/c1-15(2,3)11(13(21)18-10(8-24)14(22)23)19-12(20)9(17)6-4-5-7-16/h9-11,24H,4-8,16-17H2,1-3H3,(H,18,21)(H,19,20)(H,22,23)/t9-,10-,11+/m0/s1. The molecule has 7 N–H and O–H groups in total. The minimum absolute atomic E-state index is 0.0511. The summed E-state index contributed by atoms with van der Waals surface area (Å²) in [5, 5.41) is 14.0. The first-order valence-electron chi connectivity index (χ1n) is 7.94. The van der Waals surface area contributed by atoms with Gasteiger partial charge in [-0.3, -0.25) is 9.59 Å². The molecule has 140 valence electrons. The van der Waals surface area contributed by atoms with Crippen LogP contribution in [0.2, 0.25) is 0 Å². The quantitative estimate of drug-likeness (QED) is 0.227. The smallest absolute Gasteiger partial charge is 0.327 e. The van der Waals surface area contributed by atoms with Gasteiger partial charge < -0.3 is 27.2 Å². The van der Waals surface area contributed by atoms with E-state index in [0.29, 0.717) is 13.0 Å². The highest BCUT2D eigenvalue weighted by molar-refractivity contribution is 7.80. The Morgan fingerprint density at radius 1 is 1.12 bits per heavy atom. The van der Waals surface area contributed by atoms with Crippen LogP contribution in [0.4, 0.5) is 0 Å². The fraction of sp³-hybridized carbons (Fsp3) is 0.800. The molecular formula is C15H30N4O4S. The van der Waals surface area contributed by atoms with Crippen molar-refractivity contribution in [2.24, 2.45) is 16.9 Å². The third kappa shape index (κ3) is 7.98. The first-order valence-corrected chi connectivity index (χ1v) is 8.57. The third-order valence-electron chi connectivity index (χ3n) is 3.52. The van der Waals surface area contributed by atoms with E-state index >= 15 is 0 Å². The van der Waals surface area contributed by atoms with Gasteiger partial charge in [0.15, 0.2) is 0 Å². The van der Waals surface area contributed by atoms with Crippen molar-refractivity contribution in [1.29, 1.82) is 0 Å². The van der Waals surface area contributed by atoms with E-state index in [4.69, 9.17) is 16.6 Å². The van der Waals surface area contributed by atoms with Crippen molar-refractivity contribution >= 4 is 30.4 Å². The Hall–Kier alpha value is -1.32. The molecule has 0 saturated heterocycles. The topological polar surface area (TPSA) is 148 Å². The number of carbonyl (C=O) groups excluding carboxylic acids is 2. The van der Waals surface area contributed by atoms with E-state index in [1.165, 1.54) is 0 Å². The number of amides is 2. The molecule has 0 aromatic rings. The third-order valence-corrected chi connectivity index (χ3v) is 3.88. The number of unbranched alkanes of at least 4 members (excludes halogenated alkanes) is 1. The van der Waals surface area contributed by atoms with Gasteiger partial charge in [0.2, 0.25) is 11.8 Å². The Morgan fingerprint density at radius 2 is 1.71 bits per heavy atom. The number of carboxylic acids is 1. The van der Waals surface area contributed by atoms with Gasteiger partial charge in [0.25, 0.3) is 0 Å². The summed E-state index contributed by atoms with van der Waals surface area (Å²) in [5.41, 5.74) is 10.6. The second-order valence-electron chi connectivity index (χ2n) is 6.78. The number of carbonyl (C=O) groups is 3. The largest absolute Gasteiger partial charge is 0.480 e. The van der Waals surface area contributed by atoms with Gasteiger partial charge in [0.1, 0.15) is 12.1 Å². The number of hydrogen-bond donors (Lipinski definition) is 6. The average Bonchev–Trinajstić information content (AvgIpc) is 2.48. The molecule has 0 aliphatic carbocycles. The summed E-state index contributed by atoms with van der Waals surface area (Å²) < 4.78 is 0. The Morgan fingerprint density at radius 3 is 2.12 bits per heavy atom. The number of nitrogens with two attached hydrogens (primary N) is 2. The lowest BCUT2D eigenvalue weighted by Crippen LogP contribution is -2.59. The highest BCUT2D eigenvalue weighted by atomic mass is 32.1. The zero-order chi connectivity index (χ0) is 18.9. The predicted molar refractivity (Wildman–Crippen MR) is 95.7 cm³/mol. The molecule has 0 aromatic carbocycles. The zero-order valence-electron chi connectivity index (χ0n) is 14.5. The minimum Gasteiger partial charge on any atom is -0.480 e. The van der Waals surface area contributed by atoms with E-state index in [-0.39, 0.29) is 5.75 Å². The Labute approximate surface area is 148 Å². The van der Waals surface area contributed by atoms with Crippen molar-refractivity contribution in [3.8, 4) is 0 Å². The van der Waals surface area contributed by atoms with Crippen molar-refractivity contribution in [3.05, 3.63) is 0 Å². The Kier molecular flexibility index (Phi) is 9.95. The molecule has 2 amide bonds. The van der Waals surface area contributed by atoms with Crippen LogP contribution >= 0.6 is 12.6 Å². The normalized spacial score (nSPS) is 15.2. The number of rotatable bonds is 10. The van der Waals surface area contributed by atoms with Crippen LogP contribution in [0.5, 0.6) is 0 Å². The van der Waals surface area contributed by atoms with Crippen LogP contribution in [-0.2, 0) is 14.4 Å². The fourth-order valence-corrected chi connectivity index (χ4v) is 2.25. The Balaban J connectivity index is 4.93. The highest BCUT2D eigenvalue weighted by Gasteiger charge is 2.35. The monoisotopic (exact) mass is 362 g/mol. The molecular weight excluding hydrogens is 332 g/mol. The lowest BCUT2D eigenvalue weighted by Gasteiger charge is -2.32. The average molecular weight is 362 g/mol. The summed E-state index contributed by atoms with van der Waals surface area (Å²) >= 11 is 3.91. The van der Waals surface area contributed by atoms with E-state index in [1.54, 1.807) is 20.8 Å². The summed E-state index contributed by atoms with van der Waals surface area (Å²) in [4.78, 5) is 35.6. The molecule has 0 heterocycles. The van der Waals surface area contributed by atoms with Gasteiger partial charge in [0, 0.05) is 5.75 Å². The second kappa shape index (κ2) is 10.5. The maximum Gasteiger partial charge on any atom is 0.327 e. The lowest BCUT2D eigenvalue weighted by atomic mass is 9.85. The van der Waals surface area contributed by atoms with Gasteiger partial charge in [-0.15, -0.1) is 0 Å². The molecule has 0 unspecified atom stereocenters. The molecule has 24 heavy (non-hydrogen) atoms. The molecule has 0 rings (SSSR count). The van der Waals surface area contributed by atoms with E-state index in [0.717, 1.165) is 12.8 Å². The lowest BCUT2D eigenvalue weighted by molar-refractivity contribution is -0.142. The van der Waals surface area contributed by atoms with Gasteiger partial charge in [-0.2, -0.15) is 12.6 Å². The van der Waals surface area contributed by atoms with Crippen LogP contribution in [0.1, 0.15) is 40.0 Å².